The molecule has 4 rings (SSSR count). The Hall–Kier alpha value is 0.735. The molecule has 0 aliphatic carbocycles. The largest absolute Gasteiger partial charge is 0.390 e. The summed E-state index contributed by atoms with van der Waals surface area (Å²) in [5.74, 6) is 0. The van der Waals surface area contributed by atoms with E-state index in [9.17, 15) is 0 Å². The van der Waals surface area contributed by atoms with Crippen LogP contribution in [0.25, 0.3) is 0 Å². The third-order valence-electron chi connectivity index (χ3n) is 13.3. The van der Waals surface area contributed by atoms with Crippen molar-refractivity contribution in [2.75, 3.05) is 39.3 Å². The zero-order valence-electron chi connectivity index (χ0n) is 47.2. The summed E-state index contributed by atoms with van der Waals surface area (Å²) in [4.78, 5) is 0. The predicted molar refractivity (Wildman–Crippen MR) is 313 cm³/mol. The summed E-state index contributed by atoms with van der Waals surface area (Å²) in [7, 11) is 9.68. The SMILES string of the molecule is CC(C)(C)N([SiH3])C(C)(C)C.CC(C)N([SiH3])C(C)C.CC1CCCC(C)(C)N1[SiH3].CCC(C)N([SiH3])C(C)CC.CCN([SiH3])CC.[SiH3]N1CC1.[SiH3]N1CCCCC1.[SiH3]n1cccc1. The van der Waals surface area contributed by atoms with E-state index in [1.807, 2.05) is 12.1 Å². The molecule has 0 bridgehead atoms. The summed E-state index contributed by atoms with van der Waals surface area (Å²) < 4.78 is 19.7. The van der Waals surface area contributed by atoms with Crippen molar-refractivity contribution in [1.29, 1.82) is 0 Å². The highest BCUT2D eigenvalue weighted by molar-refractivity contribution is 6.07. The Morgan fingerprint density at radius 1 is 0.607 bits per heavy atom. The highest BCUT2D eigenvalue weighted by Crippen LogP contribution is 2.29. The Labute approximate surface area is 410 Å². The molecule has 370 valence electrons. The van der Waals surface area contributed by atoms with Gasteiger partial charge >= 0.3 is 0 Å². The molecule has 3 aliphatic rings. The van der Waals surface area contributed by atoms with E-state index in [4.69, 9.17) is 0 Å². The third-order valence-corrected chi connectivity index (χ3v) is 25.6. The first-order valence-electron chi connectivity index (χ1n) is 24.9. The van der Waals surface area contributed by atoms with Crippen LogP contribution in [0.15, 0.2) is 24.5 Å². The van der Waals surface area contributed by atoms with Gasteiger partial charge in [0.05, 0.1) is 72.8 Å². The lowest BCUT2D eigenvalue weighted by Gasteiger charge is -2.44. The lowest BCUT2D eigenvalue weighted by Crippen LogP contribution is -2.50. The maximum Gasteiger partial charge on any atom is 0.112 e. The van der Waals surface area contributed by atoms with E-state index in [0.29, 0.717) is 16.6 Å². The van der Waals surface area contributed by atoms with Crippen LogP contribution < -0.4 is 0 Å². The molecule has 0 saturated carbocycles. The monoisotopic (exact) mass is 995 g/mol. The van der Waals surface area contributed by atoms with Gasteiger partial charge in [0.1, 0.15) is 10.4 Å². The minimum Gasteiger partial charge on any atom is -0.390 e. The van der Waals surface area contributed by atoms with E-state index >= 15 is 0 Å². The minimum atomic E-state index is 0.338. The Bertz CT molecular complexity index is 1040. The molecular weight excluding hydrogens is 877 g/mol. The van der Waals surface area contributed by atoms with E-state index < -0.39 is 0 Å². The van der Waals surface area contributed by atoms with E-state index in [0.717, 1.165) is 51.0 Å². The maximum absolute atomic E-state index is 2.64. The Balaban J connectivity index is -0.000000308. The topological polar surface area (TPSA) is 27.4 Å². The van der Waals surface area contributed by atoms with Crippen molar-refractivity contribution in [3.8, 4) is 0 Å². The highest BCUT2D eigenvalue weighted by Gasteiger charge is 2.30. The molecule has 61 heavy (non-hydrogen) atoms. The van der Waals surface area contributed by atoms with E-state index in [2.05, 4.69) is 180 Å². The van der Waals surface area contributed by atoms with Crippen LogP contribution in [0.5, 0.6) is 0 Å². The minimum absolute atomic E-state index is 0.338. The van der Waals surface area contributed by atoms with Crippen molar-refractivity contribution in [3.63, 3.8) is 0 Å². The van der Waals surface area contributed by atoms with Gasteiger partial charge in [0, 0.05) is 29.7 Å². The summed E-state index contributed by atoms with van der Waals surface area (Å²) in [6, 6.07) is 7.97. The quantitative estimate of drug-likeness (QED) is 0.286. The lowest BCUT2D eigenvalue weighted by atomic mass is 9.90. The average Bonchev–Trinajstić information content (AvgIpc) is 3.83. The molecule has 1 aromatic heterocycles. The van der Waals surface area contributed by atoms with Gasteiger partial charge in [-0.1, -0.05) is 89.0 Å². The molecule has 16 heteroatoms. The van der Waals surface area contributed by atoms with Crippen LogP contribution in [-0.4, -0.2) is 206 Å². The molecule has 0 amide bonds. The van der Waals surface area contributed by atoms with Gasteiger partial charge < -0.3 is 36.2 Å². The highest BCUT2D eigenvalue weighted by atomic mass is 28.2. The average molecular weight is 996 g/mol. The fraction of sp³-hybridized carbons (Fsp3) is 0.911. The molecule has 3 saturated heterocycles. The van der Waals surface area contributed by atoms with Crippen molar-refractivity contribution in [2.24, 2.45) is 0 Å². The maximum atomic E-state index is 2.64. The number of rotatable bonds is 8. The standard InChI is InChI=1S/C8H19NSi.2C8H21NSi.C6H17NSi.C5H13NSi.C4H7NSi.C4H13NSi.C2H7NSi/c1-7-5-4-6-8(2,3)9(7)10;1-7(2,3)9(10)8(4,5)6;1-5-7(3)9(10)8(4)6-2;1-5(2)7(8)6(3)4;7-6-4-2-1-3-5-6;6-5-3-1-2-4-5;1-3-5(6)4-2;4-3-1-2-3/h7H,4-6H2,1-3,10H3;1-6,10H3;7-8H,5-6H2,1-4,10H3;5-6H,1-4,8H3;1-5H2,7H3;1-4H,6H3;3-4H2,1-2,6H3;1-2H2,4H3. The normalized spacial score (nSPS) is 19.3. The van der Waals surface area contributed by atoms with Gasteiger partial charge in [-0.25, -0.2) is 0 Å². The Kier molecular flexibility index (Phi) is 42.3. The second kappa shape index (κ2) is 37.8. The van der Waals surface area contributed by atoms with Crippen molar-refractivity contribution >= 4 is 83.2 Å². The molecule has 0 spiro atoms. The Morgan fingerprint density at radius 3 is 1.13 bits per heavy atom. The molecule has 0 radical (unpaired) electrons. The van der Waals surface area contributed by atoms with Gasteiger partial charge in [-0.3, -0.25) is 0 Å². The molecule has 3 fully saturated rings. The summed E-state index contributed by atoms with van der Waals surface area (Å²) in [5.41, 5.74) is 1.18. The van der Waals surface area contributed by atoms with E-state index in [-0.39, 0.29) is 0 Å². The third kappa shape index (κ3) is 40.7. The van der Waals surface area contributed by atoms with Crippen molar-refractivity contribution < 1.29 is 0 Å². The summed E-state index contributed by atoms with van der Waals surface area (Å²) in [6.45, 7) is 51.2. The molecule has 3 unspecified atom stereocenters. The van der Waals surface area contributed by atoms with Gasteiger partial charge in [-0.05, 0) is 175 Å². The fourth-order valence-corrected chi connectivity index (χ4v) is 8.59. The summed E-state index contributed by atoms with van der Waals surface area (Å²) in [5, 5.41) is 0. The van der Waals surface area contributed by atoms with Crippen LogP contribution in [-0.2, 0) is 0 Å². The fourth-order valence-electron chi connectivity index (χ4n) is 6.21. The van der Waals surface area contributed by atoms with Gasteiger partial charge in [0.2, 0.25) is 0 Å². The van der Waals surface area contributed by atoms with Gasteiger partial charge in [0.25, 0.3) is 0 Å². The lowest BCUT2D eigenvalue weighted by molar-refractivity contribution is 0.124. The van der Waals surface area contributed by atoms with Gasteiger partial charge in [-0.15, -0.1) is 0 Å². The second-order valence-electron chi connectivity index (χ2n) is 21.6. The van der Waals surface area contributed by atoms with E-state index in [1.54, 1.807) is 0 Å². The Morgan fingerprint density at radius 2 is 0.984 bits per heavy atom. The van der Waals surface area contributed by atoms with Crippen molar-refractivity contribution in [2.45, 2.75) is 230 Å². The summed E-state index contributed by atoms with van der Waals surface area (Å²) in [6.07, 6.45) is 15.3. The first-order chi connectivity index (χ1) is 27.9. The number of aromatic nitrogens is 1. The summed E-state index contributed by atoms with van der Waals surface area (Å²) >= 11 is 0. The molecule has 0 aromatic carbocycles. The molecule has 8 nitrogen and oxygen atoms in total. The van der Waals surface area contributed by atoms with Crippen LogP contribution in [0.2, 0.25) is 0 Å². The van der Waals surface area contributed by atoms with E-state index in [1.165, 1.54) is 153 Å². The van der Waals surface area contributed by atoms with Gasteiger partial charge in [-0.2, -0.15) is 0 Å². The zero-order chi connectivity index (χ0) is 48.7. The second-order valence-corrected chi connectivity index (χ2v) is 30.4. The first kappa shape index (κ1) is 68.3. The molecule has 4 heterocycles. The smallest absolute Gasteiger partial charge is 0.112 e. The number of nitrogens with zero attached hydrogens (tertiary/aromatic N) is 8. The van der Waals surface area contributed by atoms with Crippen molar-refractivity contribution in [3.05, 3.63) is 24.5 Å². The molecule has 0 N–H and O–H groups in total. The van der Waals surface area contributed by atoms with Gasteiger partial charge in [0.15, 0.2) is 0 Å². The molecule has 3 aliphatic heterocycles. The van der Waals surface area contributed by atoms with Crippen LogP contribution in [0.3, 0.4) is 0 Å². The van der Waals surface area contributed by atoms with Crippen molar-refractivity contribution in [1.82, 2.24) is 36.2 Å². The predicted octanol–water partition coefficient (Wildman–Crippen LogP) is 1.20. The first-order valence-corrected chi connectivity index (χ1v) is 32.1. The number of piperidine rings is 2. The van der Waals surface area contributed by atoms with Crippen LogP contribution >= 0.6 is 0 Å². The van der Waals surface area contributed by atoms with Crippen LogP contribution in [0, 0.1) is 0 Å². The molecule has 1 aromatic rings. The number of hydrogen-bond donors (Lipinski definition) is 0. The molecule has 3 atom stereocenters. The number of hydrogen-bond acceptors (Lipinski definition) is 7. The van der Waals surface area contributed by atoms with Crippen LogP contribution in [0.1, 0.15) is 183 Å². The zero-order valence-corrected chi connectivity index (χ0v) is 63.2. The molecular formula is C45H118N8Si8. The van der Waals surface area contributed by atoms with Crippen LogP contribution in [0.4, 0.5) is 0 Å².